The van der Waals surface area contributed by atoms with Crippen molar-refractivity contribution >= 4 is 17.5 Å². The van der Waals surface area contributed by atoms with Crippen LogP contribution in [0.4, 0.5) is 0 Å². The van der Waals surface area contributed by atoms with Crippen molar-refractivity contribution in [3.8, 4) is 0 Å². The Morgan fingerprint density at radius 1 is 0.897 bits per heavy atom. The van der Waals surface area contributed by atoms with E-state index in [1.165, 1.54) is 16.7 Å². The maximum Gasteiger partial charge on any atom is 0.254 e. The minimum Gasteiger partial charge on any atom is -0.339 e. The second kappa shape index (κ2) is 12.2. The van der Waals surface area contributed by atoms with Crippen LogP contribution in [0.25, 0.3) is 0 Å². The van der Waals surface area contributed by atoms with Crippen molar-refractivity contribution in [1.82, 2.24) is 14.7 Å². The molecule has 2 heterocycles. The van der Waals surface area contributed by atoms with Crippen molar-refractivity contribution in [2.75, 3.05) is 32.7 Å². The topological polar surface area (TPSA) is 26.8 Å². The fourth-order valence-electron chi connectivity index (χ4n) is 6.64. The molecule has 0 radical (unpaired) electrons. The van der Waals surface area contributed by atoms with Crippen LogP contribution >= 0.6 is 11.6 Å². The Morgan fingerprint density at radius 2 is 1.56 bits per heavy atom. The minimum absolute atomic E-state index is 0.203. The normalized spacial score (nSPS) is 20.2. The van der Waals surface area contributed by atoms with Gasteiger partial charge in [-0.3, -0.25) is 14.6 Å². The predicted molar refractivity (Wildman–Crippen MR) is 162 cm³/mol. The molecule has 3 aromatic rings. The molecule has 39 heavy (non-hydrogen) atoms. The molecule has 2 aliphatic rings. The van der Waals surface area contributed by atoms with E-state index in [0.717, 1.165) is 73.7 Å². The van der Waals surface area contributed by atoms with E-state index in [-0.39, 0.29) is 5.91 Å². The molecule has 206 valence electrons. The Hall–Kier alpha value is -2.66. The summed E-state index contributed by atoms with van der Waals surface area (Å²) in [5.74, 6) is 0.203. The van der Waals surface area contributed by atoms with E-state index in [0.29, 0.717) is 18.1 Å². The third kappa shape index (κ3) is 6.40. The highest BCUT2D eigenvalue weighted by atomic mass is 35.5. The number of benzene rings is 3. The summed E-state index contributed by atoms with van der Waals surface area (Å²) in [6.07, 6.45) is 3.03. The van der Waals surface area contributed by atoms with Gasteiger partial charge in [0.25, 0.3) is 5.91 Å². The Morgan fingerprint density at radius 3 is 2.21 bits per heavy atom. The summed E-state index contributed by atoms with van der Waals surface area (Å²) < 4.78 is 0. The Kier molecular flexibility index (Phi) is 8.76. The molecule has 4 nitrogen and oxygen atoms in total. The molecule has 2 fully saturated rings. The zero-order valence-electron chi connectivity index (χ0n) is 23.9. The molecule has 0 bridgehead atoms. The van der Waals surface area contributed by atoms with Crippen molar-refractivity contribution in [3.63, 3.8) is 0 Å². The summed E-state index contributed by atoms with van der Waals surface area (Å²) in [6.45, 7) is 13.8. The minimum atomic E-state index is 0.203. The molecule has 0 saturated carbocycles. The standard InChI is InChI=1S/C34H42ClN3O/c1-24-7-5-8-25(2)33(24)34(39)36-17-15-32(16-18-36)37-19-20-38(26(3)23-37)27(4)30-13-11-28(12-14-30)21-29-9-6-10-31(35)22-29/h5-14,22,26-27,32H,15-21,23H2,1-4H3/t26-,27-/m0/s1. The van der Waals surface area contributed by atoms with Crippen LogP contribution in [0.15, 0.2) is 66.7 Å². The number of amides is 1. The molecule has 3 aromatic carbocycles. The van der Waals surface area contributed by atoms with Gasteiger partial charge in [-0.1, -0.05) is 66.2 Å². The van der Waals surface area contributed by atoms with E-state index in [1.807, 2.05) is 50.2 Å². The van der Waals surface area contributed by atoms with Crippen LogP contribution in [0.3, 0.4) is 0 Å². The Bertz CT molecular complexity index is 1260. The van der Waals surface area contributed by atoms with Crippen LogP contribution in [0.1, 0.15) is 70.9 Å². The first-order valence-corrected chi connectivity index (χ1v) is 14.9. The summed E-state index contributed by atoms with van der Waals surface area (Å²) in [7, 11) is 0. The number of nitrogens with zero attached hydrogens (tertiary/aromatic N) is 3. The number of likely N-dealkylation sites (tertiary alicyclic amines) is 1. The lowest BCUT2D eigenvalue weighted by atomic mass is 9.96. The third-order valence-electron chi connectivity index (χ3n) is 8.93. The van der Waals surface area contributed by atoms with Gasteiger partial charge in [0.05, 0.1) is 0 Å². The molecule has 2 saturated heterocycles. The zero-order chi connectivity index (χ0) is 27.5. The summed E-state index contributed by atoms with van der Waals surface area (Å²) in [5.41, 5.74) is 6.99. The number of hydrogen-bond acceptors (Lipinski definition) is 3. The highest BCUT2D eigenvalue weighted by Crippen LogP contribution is 2.29. The van der Waals surface area contributed by atoms with Gasteiger partial charge in [-0.05, 0) is 86.9 Å². The van der Waals surface area contributed by atoms with Crippen molar-refractivity contribution in [3.05, 3.63) is 105 Å². The van der Waals surface area contributed by atoms with Gasteiger partial charge in [0.2, 0.25) is 0 Å². The lowest BCUT2D eigenvalue weighted by Gasteiger charge is -2.47. The Balaban J connectivity index is 1.13. The molecule has 2 atom stereocenters. The second-order valence-electron chi connectivity index (χ2n) is 11.6. The number of piperazine rings is 1. The number of hydrogen-bond donors (Lipinski definition) is 0. The van der Waals surface area contributed by atoms with Crippen LogP contribution in [-0.2, 0) is 6.42 Å². The lowest BCUT2D eigenvalue weighted by molar-refractivity contribution is 0.0135. The van der Waals surface area contributed by atoms with E-state index in [4.69, 9.17) is 11.6 Å². The van der Waals surface area contributed by atoms with Crippen molar-refractivity contribution < 1.29 is 4.79 Å². The van der Waals surface area contributed by atoms with Gasteiger partial charge in [0.1, 0.15) is 0 Å². The molecule has 0 unspecified atom stereocenters. The fourth-order valence-corrected chi connectivity index (χ4v) is 6.85. The van der Waals surface area contributed by atoms with Gasteiger partial charge in [-0.15, -0.1) is 0 Å². The first kappa shape index (κ1) is 27.9. The van der Waals surface area contributed by atoms with Crippen molar-refractivity contribution in [2.45, 2.75) is 65.1 Å². The molecular formula is C34H42ClN3O. The van der Waals surface area contributed by atoms with E-state index in [9.17, 15) is 4.79 Å². The number of piperidine rings is 1. The van der Waals surface area contributed by atoms with Gasteiger partial charge in [-0.2, -0.15) is 0 Å². The van der Waals surface area contributed by atoms with Crippen LogP contribution < -0.4 is 0 Å². The fraction of sp³-hybridized carbons (Fsp3) is 0.441. The van der Waals surface area contributed by atoms with E-state index >= 15 is 0 Å². The number of halogens is 1. The highest BCUT2D eigenvalue weighted by molar-refractivity contribution is 6.30. The molecule has 1 amide bonds. The molecule has 0 aliphatic carbocycles. The van der Waals surface area contributed by atoms with E-state index < -0.39 is 0 Å². The third-order valence-corrected chi connectivity index (χ3v) is 9.17. The average Bonchev–Trinajstić information content (AvgIpc) is 2.93. The molecule has 5 rings (SSSR count). The van der Waals surface area contributed by atoms with Crippen LogP contribution in [0.2, 0.25) is 5.02 Å². The summed E-state index contributed by atoms with van der Waals surface area (Å²) >= 11 is 6.16. The maximum atomic E-state index is 13.3. The highest BCUT2D eigenvalue weighted by Gasteiger charge is 2.34. The van der Waals surface area contributed by atoms with E-state index in [1.54, 1.807) is 0 Å². The Labute approximate surface area is 239 Å². The molecule has 0 aromatic heterocycles. The average molecular weight is 544 g/mol. The molecule has 0 N–H and O–H groups in total. The van der Waals surface area contributed by atoms with Gasteiger partial charge in [0.15, 0.2) is 0 Å². The first-order valence-electron chi connectivity index (χ1n) is 14.5. The maximum absolute atomic E-state index is 13.3. The van der Waals surface area contributed by atoms with E-state index in [2.05, 4.69) is 58.9 Å². The zero-order valence-corrected chi connectivity index (χ0v) is 24.6. The monoisotopic (exact) mass is 543 g/mol. The number of carbonyl (C=O) groups is 1. The quantitative estimate of drug-likeness (QED) is 0.337. The number of carbonyl (C=O) groups excluding carboxylic acids is 1. The lowest BCUT2D eigenvalue weighted by Crippen LogP contribution is -2.57. The summed E-state index contributed by atoms with van der Waals surface area (Å²) in [6, 6.07) is 24.8. The number of aryl methyl sites for hydroxylation is 2. The van der Waals surface area contributed by atoms with Crippen molar-refractivity contribution in [2.24, 2.45) is 0 Å². The smallest absolute Gasteiger partial charge is 0.254 e. The predicted octanol–water partition coefficient (Wildman–Crippen LogP) is 6.92. The molecule has 2 aliphatic heterocycles. The van der Waals surface area contributed by atoms with Crippen LogP contribution in [-0.4, -0.2) is 65.4 Å². The van der Waals surface area contributed by atoms with Crippen LogP contribution in [0, 0.1) is 13.8 Å². The van der Waals surface area contributed by atoms with Gasteiger partial charge in [-0.25, -0.2) is 0 Å². The summed E-state index contributed by atoms with van der Waals surface area (Å²) in [5, 5.41) is 0.794. The molecule has 0 spiro atoms. The SMILES string of the molecule is Cc1cccc(C)c1C(=O)N1CCC(N2CCN([C@@H](C)c3ccc(Cc4cccc(Cl)c4)cc3)[C@@H](C)C2)CC1. The largest absolute Gasteiger partial charge is 0.339 e. The van der Waals surface area contributed by atoms with Gasteiger partial charge in [0, 0.05) is 61.4 Å². The van der Waals surface area contributed by atoms with Gasteiger partial charge >= 0.3 is 0 Å². The van der Waals surface area contributed by atoms with Crippen molar-refractivity contribution in [1.29, 1.82) is 0 Å². The molecular weight excluding hydrogens is 502 g/mol. The first-order chi connectivity index (χ1) is 18.8. The van der Waals surface area contributed by atoms with Gasteiger partial charge < -0.3 is 4.90 Å². The summed E-state index contributed by atoms with van der Waals surface area (Å²) in [4.78, 5) is 20.7. The number of rotatable bonds is 6. The van der Waals surface area contributed by atoms with Crippen LogP contribution in [0.5, 0.6) is 0 Å². The second-order valence-corrected chi connectivity index (χ2v) is 12.0. The molecule has 5 heteroatoms.